The molecule has 6 heteroatoms. The zero-order chi connectivity index (χ0) is 15.7. The molecular weight excluding hydrogens is 311 g/mol. The SMILES string of the molecule is O=C(c1csc(CC(F)(F)F)c1)N1CCC[C@H]2CCCC[C@H]21. The average Bonchev–Trinajstić information content (AvgIpc) is 2.92. The van der Waals surface area contributed by atoms with Crippen molar-refractivity contribution in [3.05, 3.63) is 21.9 Å². The molecule has 0 N–H and O–H groups in total. The number of nitrogens with zero attached hydrogens (tertiary/aromatic N) is 1. The van der Waals surface area contributed by atoms with Crippen molar-refractivity contribution in [1.29, 1.82) is 0 Å². The van der Waals surface area contributed by atoms with Gasteiger partial charge in [-0.25, -0.2) is 0 Å². The maximum atomic E-state index is 12.7. The number of halogens is 3. The summed E-state index contributed by atoms with van der Waals surface area (Å²) >= 11 is 1.03. The van der Waals surface area contributed by atoms with Crippen molar-refractivity contribution < 1.29 is 18.0 Å². The fraction of sp³-hybridized carbons (Fsp3) is 0.688. The van der Waals surface area contributed by atoms with Crippen molar-refractivity contribution in [2.75, 3.05) is 6.54 Å². The summed E-state index contributed by atoms with van der Waals surface area (Å²) in [6.07, 6.45) is 1.62. The number of thiophene rings is 1. The second-order valence-corrected chi connectivity index (χ2v) is 7.34. The maximum Gasteiger partial charge on any atom is 0.393 e. The smallest absolute Gasteiger partial charge is 0.335 e. The largest absolute Gasteiger partial charge is 0.393 e. The lowest BCUT2D eigenvalue weighted by Gasteiger charge is -2.44. The van der Waals surface area contributed by atoms with E-state index < -0.39 is 12.6 Å². The molecule has 3 rings (SSSR count). The van der Waals surface area contributed by atoms with Crippen LogP contribution in [-0.2, 0) is 6.42 Å². The van der Waals surface area contributed by atoms with Crippen LogP contribution in [0.3, 0.4) is 0 Å². The van der Waals surface area contributed by atoms with Gasteiger partial charge in [-0.1, -0.05) is 12.8 Å². The van der Waals surface area contributed by atoms with E-state index in [0.29, 0.717) is 17.5 Å². The van der Waals surface area contributed by atoms with Gasteiger partial charge < -0.3 is 4.90 Å². The molecule has 1 aromatic rings. The first-order chi connectivity index (χ1) is 10.4. The third-order valence-electron chi connectivity index (χ3n) is 4.78. The molecule has 0 radical (unpaired) electrons. The highest BCUT2D eigenvalue weighted by molar-refractivity contribution is 7.10. The van der Waals surface area contributed by atoms with Crippen LogP contribution < -0.4 is 0 Å². The Balaban J connectivity index is 1.72. The Hall–Kier alpha value is -1.04. The molecule has 2 aliphatic rings. The number of amides is 1. The van der Waals surface area contributed by atoms with Crippen molar-refractivity contribution in [3.8, 4) is 0 Å². The predicted molar refractivity (Wildman–Crippen MR) is 80.1 cm³/mol. The number of fused-ring (bicyclic) bond motifs is 1. The molecule has 1 saturated heterocycles. The zero-order valence-electron chi connectivity index (χ0n) is 12.4. The molecule has 0 unspecified atom stereocenters. The molecule has 0 bridgehead atoms. The summed E-state index contributed by atoms with van der Waals surface area (Å²) in [5, 5.41) is 1.58. The Labute approximate surface area is 132 Å². The molecule has 2 heterocycles. The van der Waals surface area contributed by atoms with Gasteiger partial charge in [0.1, 0.15) is 0 Å². The Morgan fingerprint density at radius 1 is 1.23 bits per heavy atom. The van der Waals surface area contributed by atoms with Crippen LogP contribution in [-0.4, -0.2) is 29.6 Å². The van der Waals surface area contributed by atoms with Crippen LogP contribution in [0, 0.1) is 5.92 Å². The molecule has 1 aliphatic carbocycles. The lowest BCUT2D eigenvalue weighted by molar-refractivity contribution is -0.126. The number of hydrogen-bond acceptors (Lipinski definition) is 2. The lowest BCUT2D eigenvalue weighted by Crippen LogP contribution is -2.49. The summed E-state index contributed by atoms with van der Waals surface area (Å²) in [6.45, 7) is 0.741. The average molecular weight is 331 g/mol. The number of carbonyl (C=O) groups excluding carboxylic acids is 1. The highest BCUT2D eigenvalue weighted by Crippen LogP contribution is 2.36. The summed E-state index contributed by atoms with van der Waals surface area (Å²) in [4.78, 5) is 14.8. The van der Waals surface area contributed by atoms with Crippen molar-refractivity contribution in [1.82, 2.24) is 4.90 Å². The molecule has 1 saturated carbocycles. The van der Waals surface area contributed by atoms with Crippen LogP contribution in [0.15, 0.2) is 11.4 Å². The summed E-state index contributed by atoms with van der Waals surface area (Å²) in [5.41, 5.74) is 0.426. The van der Waals surface area contributed by atoms with Gasteiger partial charge in [0.15, 0.2) is 0 Å². The normalized spacial score (nSPS) is 25.9. The van der Waals surface area contributed by atoms with Crippen LogP contribution in [0.2, 0.25) is 0 Å². The number of rotatable bonds is 2. The maximum absolute atomic E-state index is 12.7. The third-order valence-corrected chi connectivity index (χ3v) is 5.72. The van der Waals surface area contributed by atoms with Gasteiger partial charge in [0, 0.05) is 22.8 Å². The van der Waals surface area contributed by atoms with E-state index in [2.05, 4.69) is 0 Å². The van der Waals surface area contributed by atoms with Crippen LogP contribution in [0.25, 0.3) is 0 Å². The molecule has 1 amide bonds. The quantitative estimate of drug-likeness (QED) is 0.772. The van der Waals surface area contributed by atoms with Gasteiger partial charge in [0.2, 0.25) is 0 Å². The number of hydrogen-bond donors (Lipinski definition) is 0. The lowest BCUT2D eigenvalue weighted by atomic mass is 9.78. The van der Waals surface area contributed by atoms with Crippen molar-refractivity contribution in [2.24, 2.45) is 5.92 Å². The van der Waals surface area contributed by atoms with E-state index in [-0.39, 0.29) is 10.8 Å². The second kappa shape index (κ2) is 6.22. The highest BCUT2D eigenvalue weighted by atomic mass is 32.1. The third kappa shape index (κ3) is 3.47. The van der Waals surface area contributed by atoms with Crippen molar-refractivity contribution in [2.45, 2.75) is 57.2 Å². The predicted octanol–water partition coefficient (Wildman–Crippen LogP) is 4.65. The minimum atomic E-state index is -4.22. The summed E-state index contributed by atoms with van der Waals surface area (Å²) in [7, 11) is 0. The van der Waals surface area contributed by atoms with E-state index in [1.54, 1.807) is 5.38 Å². The fourth-order valence-electron chi connectivity index (χ4n) is 3.83. The van der Waals surface area contributed by atoms with E-state index in [1.165, 1.54) is 25.3 Å². The van der Waals surface area contributed by atoms with Gasteiger partial charge in [0.05, 0.1) is 12.0 Å². The first kappa shape index (κ1) is 15.8. The van der Waals surface area contributed by atoms with E-state index in [1.807, 2.05) is 4.90 Å². The van der Waals surface area contributed by atoms with Crippen molar-refractivity contribution in [3.63, 3.8) is 0 Å². The van der Waals surface area contributed by atoms with E-state index in [0.717, 1.165) is 37.1 Å². The van der Waals surface area contributed by atoms with Gasteiger partial charge in [-0.05, 0) is 37.7 Å². The first-order valence-electron chi connectivity index (χ1n) is 7.89. The van der Waals surface area contributed by atoms with Gasteiger partial charge in [-0.3, -0.25) is 4.79 Å². The number of carbonyl (C=O) groups is 1. The van der Waals surface area contributed by atoms with Crippen LogP contribution in [0.5, 0.6) is 0 Å². The highest BCUT2D eigenvalue weighted by Gasteiger charge is 2.36. The van der Waals surface area contributed by atoms with Gasteiger partial charge >= 0.3 is 6.18 Å². The topological polar surface area (TPSA) is 20.3 Å². The van der Waals surface area contributed by atoms with Crippen molar-refractivity contribution >= 4 is 17.2 Å². The molecule has 0 aromatic carbocycles. The molecule has 1 aromatic heterocycles. The minimum Gasteiger partial charge on any atom is -0.335 e. The van der Waals surface area contributed by atoms with Gasteiger partial charge in [-0.15, -0.1) is 11.3 Å². The number of alkyl halides is 3. The molecule has 22 heavy (non-hydrogen) atoms. The van der Waals surface area contributed by atoms with E-state index >= 15 is 0 Å². The van der Waals surface area contributed by atoms with Gasteiger partial charge in [-0.2, -0.15) is 13.2 Å². The second-order valence-electron chi connectivity index (χ2n) is 6.35. The first-order valence-corrected chi connectivity index (χ1v) is 8.77. The molecule has 1 aliphatic heterocycles. The van der Waals surface area contributed by atoms with E-state index in [9.17, 15) is 18.0 Å². The molecule has 122 valence electrons. The Morgan fingerprint density at radius 2 is 1.95 bits per heavy atom. The summed E-state index contributed by atoms with van der Waals surface area (Å²) in [6, 6.07) is 1.72. The summed E-state index contributed by atoms with van der Waals surface area (Å²) < 4.78 is 37.3. The number of piperidine rings is 1. The Kier molecular flexibility index (Phi) is 4.48. The Morgan fingerprint density at radius 3 is 2.73 bits per heavy atom. The number of likely N-dealkylation sites (tertiary alicyclic amines) is 1. The zero-order valence-corrected chi connectivity index (χ0v) is 13.2. The fourth-order valence-corrected chi connectivity index (χ4v) is 4.72. The van der Waals surface area contributed by atoms with Gasteiger partial charge in [0.25, 0.3) is 5.91 Å². The molecule has 0 spiro atoms. The molecule has 2 fully saturated rings. The monoisotopic (exact) mass is 331 g/mol. The summed E-state index contributed by atoms with van der Waals surface area (Å²) in [5.74, 6) is 0.501. The Bertz CT molecular complexity index is 538. The molecule has 2 nitrogen and oxygen atoms in total. The molecular formula is C16H20F3NOS. The van der Waals surface area contributed by atoms with Crippen LogP contribution in [0.1, 0.15) is 53.8 Å². The van der Waals surface area contributed by atoms with E-state index in [4.69, 9.17) is 0 Å². The van der Waals surface area contributed by atoms with Crippen LogP contribution in [0.4, 0.5) is 13.2 Å². The standard InChI is InChI=1S/C16H20F3NOS/c17-16(18,19)9-13-8-12(10-22-13)15(21)20-7-3-5-11-4-1-2-6-14(11)20/h8,10-11,14H,1-7,9H2/t11-,14-/m1/s1. The minimum absolute atomic E-state index is 0.0822. The molecule has 2 atom stereocenters. The van der Waals surface area contributed by atoms with Crippen LogP contribution >= 0.6 is 11.3 Å².